The van der Waals surface area contributed by atoms with E-state index in [9.17, 15) is 4.79 Å². The van der Waals surface area contributed by atoms with Crippen LogP contribution in [-0.2, 0) is 11.3 Å². The minimum Gasteiger partial charge on any atom is -0.464 e. The number of hydrogen-bond acceptors (Lipinski definition) is 4. The first kappa shape index (κ1) is 13.8. The van der Waals surface area contributed by atoms with Crippen LogP contribution >= 0.6 is 0 Å². The van der Waals surface area contributed by atoms with Crippen LogP contribution in [0.15, 0.2) is 48.8 Å². The molecule has 2 aromatic heterocycles. The molecule has 0 unspecified atom stereocenters. The third kappa shape index (κ3) is 2.54. The largest absolute Gasteiger partial charge is 0.464 e. The van der Waals surface area contributed by atoms with Crippen molar-refractivity contribution in [2.45, 2.75) is 6.54 Å². The van der Waals surface area contributed by atoms with E-state index >= 15 is 0 Å². The maximum Gasteiger partial charge on any atom is 0.356 e. The molecule has 2 heterocycles. The summed E-state index contributed by atoms with van der Waals surface area (Å²) in [6.45, 7) is 0.637. The predicted octanol–water partition coefficient (Wildman–Crippen LogP) is 2.74. The van der Waals surface area contributed by atoms with Crippen molar-refractivity contribution in [3.63, 3.8) is 0 Å². The fourth-order valence-corrected chi connectivity index (χ4v) is 2.38. The summed E-state index contributed by atoms with van der Waals surface area (Å²) in [5.74, 6) is -0.448. The molecule has 5 nitrogen and oxygen atoms in total. The van der Waals surface area contributed by atoms with E-state index in [1.807, 2.05) is 35.0 Å². The highest BCUT2D eigenvalue weighted by molar-refractivity contribution is 5.92. The van der Waals surface area contributed by atoms with Crippen molar-refractivity contribution in [2.24, 2.45) is 0 Å². The SMILES string of the molecule is COC(=O)c1cc2ccn(Cc3cccc(C#N)c3)c2cn1. The molecule has 0 fully saturated rings. The van der Waals surface area contributed by atoms with Gasteiger partial charge in [0.2, 0.25) is 0 Å². The van der Waals surface area contributed by atoms with Gasteiger partial charge in [0.1, 0.15) is 5.69 Å². The second-order valence-electron chi connectivity index (χ2n) is 4.88. The molecule has 0 saturated carbocycles. The molecule has 0 atom stereocenters. The highest BCUT2D eigenvalue weighted by Crippen LogP contribution is 2.18. The number of carbonyl (C=O) groups excluding carboxylic acids is 1. The minimum absolute atomic E-state index is 0.291. The van der Waals surface area contributed by atoms with Gasteiger partial charge in [0.25, 0.3) is 0 Å². The topological polar surface area (TPSA) is 67.9 Å². The monoisotopic (exact) mass is 291 g/mol. The predicted molar refractivity (Wildman–Crippen MR) is 81.3 cm³/mol. The summed E-state index contributed by atoms with van der Waals surface area (Å²) in [5.41, 5.74) is 2.89. The average molecular weight is 291 g/mol. The molecule has 1 aromatic carbocycles. The quantitative estimate of drug-likeness (QED) is 0.696. The van der Waals surface area contributed by atoms with Crippen molar-refractivity contribution in [3.8, 4) is 6.07 Å². The third-order valence-electron chi connectivity index (χ3n) is 3.46. The molecule has 108 valence electrons. The zero-order valence-corrected chi connectivity index (χ0v) is 12.0. The van der Waals surface area contributed by atoms with E-state index in [4.69, 9.17) is 5.26 Å². The van der Waals surface area contributed by atoms with Crippen molar-refractivity contribution >= 4 is 16.9 Å². The van der Waals surface area contributed by atoms with Crippen molar-refractivity contribution in [3.05, 3.63) is 65.6 Å². The zero-order chi connectivity index (χ0) is 15.5. The van der Waals surface area contributed by atoms with Gasteiger partial charge in [-0.15, -0.1) is 0 Å². The van der Waals surface area contributed by atoms with E-state index in [-0.39, 0.29) is 0 Å². The lowest BCUT2D eigenvalue weighted by Crippen LogP contribution is -2.04. The molecule has 3 aromatic rings. The molecule has 0 saturated heterocycles. The number of esters is 1. The number of benzene rings is 1. The lowest BCUT2D eigenvalue weighted by atomic mass is 10.1. The third-order valence-corrected chi connectivity index (χ3v) is 3.46. The van der Waals surface area contributed by atoms with Crippen LogP contribution in [-0.4, -0.2) is 22.6 Å². The lowest BCUT2D eigenvalue weighted by Gasteiger charge is -2.06. The van der Waals surface area contributed by atoms with Crippen LogP contribution < -0.4 is 0 Å². The van der Waals surface area contributed by atoms with Crippen LogP contribution in [0.4, 0.5) is 0 Å². The van der Waals surface area contributed by atoms with Crippen molar-refractivity contribution in [2.75, 3.05) is 7.11 Å². The molecule has 0 aliphatic carbocycles. The number of pyridine rings is 1. The Morgan fingerprint density at radius 3 is 3.00 bits per heavy atom. The Morgan fingerprint density at radius 1 is 1.36 bits per heavy atom. The maximum atomic E-state index is 11.5. The standard InChI is InChI=1S/C17H13N3O2/c1-22-17(21)15-8-14-5-6-20(16(14)10-19-15)11-13-4-2-3-12(7-13)9-18/h2-8,10H,11H2,1H3. The van der Waals surface area contributed by atoms with E-state index in [2.05, 4.69) is 15.8 Å². The highest BCUT2D eigenvalue weighted by atomic mass is 16.5. The number of nitriles is 1. The lowest BCUT2D eigenvalue weighted by molar-refractivity contribution is 0.0594. The van der Waals surface area contributed by atoms with Gasteiger partial charge in [0.05, 0.1) is 30.5 Å². The molecule has 0 N–H and O–H groups in total. The summed E-state index contributed by atoms with van der Waals surface area (Å²) in [4.78, 5) is 15.6. The first-order valence-corrected chi connectivity index (χ1v) is 6.73. The highest BCUT2D eigenvalue weighted by Gasteiger charge is 2.10. The molecule has 22 heavy (non-hydrogen) atoms. The Balaban J connectivity index is 1.95. The average Bonchev–Trinajstić information content (AvgIpc) is 2.96. The Bertz CT molecular complexity index is 890. The molecular formula is C17H13N3O2. The molecule has 3 rings (SSSR count). The van der Waals surface area contributed by atoms with E-state index in [1.54, 1.807) is 18.3 Å². The fraction of sp³-hybridized carbons (Fsp3) is 0.118. The Kier molecular flexibility index (Phi) is 3.58. The summed E-state index contributed by atoms with van der Waals surface area (Å²) < 4.78 is 6.70. The number of aromatic nitrogens is 2. The van der Waals surface area contributed by atoms with E-state index < -0.39 is 5.97 Å². The second kappa shape index (κ2) is 5.70. The van der Waals surface area contributed by atoms with Gasteiger partial charge in [-0.1, -0.05) is 12.1 Å². The maximum absolute atomic E-state index is 11.5. The van der Waals surface area contributed by atoms with Crippen LogP contribution in [0.5, 0.6) is 0 Å². The first-order valence-electron chi connectivity index (χ1n) is 6.73. The first-order chi connectivity index (χ1) is 10.7. The summed E-state index contributed by atoms with van der Waals surface area (Å²) >= 11 is 0. The number of hydrogen-bond donors (Lipinski definition) is 0. The molecule has 0 aliphatic heterocycles. The number of methoxy groups -OCH3 is 1. The van der Waals surface area contributed by atoms with Gasteiger partial charge in [-0.05, 0) is 29.8 Å². The van der Waals surface area contributed by atoms with Crippen LogP contribution in [0.25, 0.3) is 10.9 Å². The molecule has 0 spiro atoms. The second-order valence-corrected chi connectivity index (χ2v) is 4.88. The van der Waals surface area contributed by atoms with Crippen LogP contribution in [0.2, 0.25) is 0 Å². The van der Waals surface area contributed by atoms with Gasteiger partial charge in [0.15, 0.2) is 0 Å². The van der Waals surface area contributed by atoms with Gasteiger partial charge in [-0.2, -0.15) is 5.26 Å². The fourth-order valence-electron chi connectivity index (χ4n) is 2.38. The zero-order valence-electron chi connectivity index (χ0n) is 12.0. The summed E-state index contributed by atoms with van der Waals surface area (Å²) in [6, 6.07) is 13.3. The summed E-state index contributed by atoms with van der Waals surface area (Å²) in [6.07, 6.45) is 3.60. The van der Waals surface area contributed by atoms with Crippen LogP contribution in [0, 0.1) is 11.3 Å². The molecule has 0 amide bonds. The van der Waals surface area contributed by atoms with Gasteiger partial charge in [0, 0.05) is 18.1 Å². The van der Waals surface area contributed by atoms with Gasteiger partial charge < -0.3 is 9.30 Å². The molecule has 0 bridgehead atoms. The molecule has 5 heteroatoms. The van der Waals surface area contributed by atoms with Gasteiger partial charge >= 0.3 is 5.97 Å². The van der Waals surface area contributed by atoms with E-state index in [1.165, 1.54) is 7.11 Å². The number of nitrogens with zero attached hydrogens (tertiary/aromatic N) is 3. The van der Waals surface area contributed by atoms with Crippen LogP contribution in [0.3, 0.4) is 0 Å². The number of fused-ring (bicyclic) bond motifs is 1. The normalized spacial score (nSPS) is 10.4. The molecule has 0 radical (unpaired) electrons. The Labute approximate surface area is 127 Å². The number of ether oxygens (including phenoxy) is 1. The molecule has 0 aliphatic rings. The number of rotatable bonds is 3. The minimum atomic E-state index is -0.448. The van der Waals surface area contributed by atoms with Crippen molar-refractivity contribution in [1.82, 2.24) is 9.55 Å². The van der Waals surface area contributed by atoms with E-state index in [0.717, 1.165) is 16.5 Å². The summed E-state index contributed by atoms with van der Waals surface area (Å²) in [7, 11) is 1.33. The van der Waals surface area contributed by atoms with Gasteiger partial charge in [-0.25, -0.2) is 9.78 Å². The number of carbonyl (C=O) groups is 1. The van der Waals surface area contributed by atoms with Crippen molar-refractivity contribution in [1.29, 1.82) is 5.26 Å². The van der Waals surface area contributed by atoms with Crippen LogP contribution in [0.1, 0.15) is 21.6 Å². The van der Waals surface area contributed by atoms with Crippen molar-refractivity contribution < 1.29 is 9.53 Å². The van der Waals surface area contributed by atoms with E-state index in [0.29, 0.717) is 17.8 Å². The van der Waals surface area contributed by atoms with Gasteiger partial charge in [-0.3, -0.25) is 0 Å². The molecular weight excluding hydrogens is 278 g/mol. The smallest absolute Gasteiger partial charge is 0.356 e. The Morgan fingerprint density at radius 2 is 2.23 bits per heavy atom. The Hall–Kier alpha value is -3.13. The summed E-state index contributed by atoms with van der Waals surface area (Å²) in [5, 5.41) is 9.88.